The van der Waals surface area contributed by atoms with E-state index in [1.54, 1.807) is 0 Å². The molecule has 0 aromatic heterocycles. The van der Waals surface area contributed by atoms with Gasteiger partial charge in [0.1, 0.15) is 0 Å². The van der Waals surface area contributed by atoms with E-state index in [0.29, 0.717) is 19.4 Å². The summed E-state index contributed by atoms with van der Waals surface area (Å²) < 4.78 is 0. The molecule has 2 aliphatic heterocycles. The summed E-state index contributed by atoms with van der Waals surface area (Å²) in [6.07, 6.45) is 1.41. The van der Waals surface area contributed by atoms with Gasteiger partial charge in [0, 0.05) is 13.6 Å². The van der Waals surface area contributed by atoms with E-state index < -0.39 is 23.7 Å². The van der Waals surface area contributed by atoms with Crippen LogP contribution in [0.15, 0.2) is 0 Å². The van der Waals surface area contributed by atoms with Crippen molar-refractivity contribution in [1.29, 1.82) is 0 Å². The van der Waals surface area contributed by atoms with Crippen LogP contribution in [0.5, 0.6) is 0 Å². The van der Waals surface area contributed by atoms with E-state index in [0.717, 1.165) is 11.3 Å². The number of amides is 4. The molecule has 0 aromatic carbocycles. The second kappa shape index (κ2) is 4.40. The number of likely N-dealkylation sites (tertiary alicyclic amines) is 2. The van der Waals surface area contributed by atoms with Crippen molar-refractivity contribution in [2.75, 3.05) is 13.6 Å². The maximum atomic E-state index is 12.3. The zero-order valence-electron chi connectivity index (χ0n) is 11.7. The van der Waals surface area contributed by atoms with Gasteiger partial charge < -0.3 is 0 Å². The fraction of sp³-hybridized carbons (Fsp3) is 0.714. The molecular formula is C14H18N2O4. The summed E-state index contributed by atoms with van der Waals surface area (Å²) in [5.41, 5.74) is 0. The summed E-state index contributed by atoms with van der Waals surface area (Å²) in [6, 6.07) is 0. The minimum absolute atomic E-state index is 0.157. The molecule has 0 aromatic rings. The highest BCUT2D eigenvalue weighted by Gasteiger charge is 2.58. The summed E-state index contributed by atoms with van der Waals surface area (Å²) in [5.74, 6) is -2.35. The second-order valence-electron chi connectivity index (χ2n) is 5.96. The molecule has 4 amide bonds. The summed E-state index contributed by atoms with van der Waals surface area (Å²) >= 11 is 0. The smallest absolute Gasteiger partial charge is 0.233 e. The van der Waals surface area contributed by atoms with Gasteiger partial charge in [0.25, 0.3) is 0 Å². The first-order valence-electron chi connectivity index (χ1n) is 7.14. The van der Waals surface area contributed by atoms with Gasteiger partial charge in [-0.05, 0) is 19.3 Å². The first-order valence-corrected chi connectivity index (χ1v) is 7.14. The van der Waals surface area contributed by atoms with Crippen molar-refractivity contribution < 1.29 is 19.2 Å². The van der Waals surface area contributed by atoms with Crippen LogP contribution in [-0.2, 0) is 19.2 Å². The van der Waals surface area contributed by atoms with Crippen molar-refractivity contribution in [3.8, 4) is 0 Å². The first-order chi connectivity index (χ1) is 9.47. The number of hydrogen-bond acceptors (Lipinski definition) is 4. The molecule has 0 radical (unpaired) electrons. The van der Waals surface area contributed by atoms with E-state index >= 15 is 0 Å². The summed E-state index contributed by atoms with van der Waals surface area (Å²) in [4.78, 5) is 51.1. The Morgan fingerprint density at radius 3 is 1.65 bits per heavy atom. The Hall–Kier alpha value is -1.72. The molecule has 3 rings (SSSR count). The van der Waals surface area contributed by atoms with Gasteiger partial charge in [-0.2, -0.15) is 0 Å². The van der Waals surface area contributed by atoms with Crippen LogP contribution in [-0.4, -0.2) is 47.0 Å². The van der Waals surface area contributed by atoms with Gasteiger partial charge in [-0.25, -0.2) is 0 Å². The molecule has 0 bridgehead atoms. The second-order valence-corrected chi connectivity index (χ2v) is 5.96. The van der Waals surface area contributed by atoms with Gasteiger partial charge in [-0.1, -0.05) is 6.92 Å². The molecule has 3 unspecified atom stereocenters. The summed E-state index contributed by atoms with van der Waals surface area (Å²) in [7, 11) is 1.48. The molecule has 1 saturated carbocycles. The topological polar surface area (TPSA) is 74.8 Å². The van der Waals surface area contributed by atoms with Gasteiger partial charge >= 0.3 is 0 Å². The number of hydrogen-bond donors (Lipinski definition) is 0. The molecular weight excluding hydrogens is 260 g/mol. The number of nitrogens with zero attached hydrogens (tertiary/aromatic N) is 2. The molecule has 0 N–H and O–H groups in total. The van der Waals surface area contributed by atoms with E-state index in [-0.39, 0.29) is 23.6 Å². The van der Waals surface area contributed by atoms with Crippen molar-refractivity contribution in [1.82, 2.24) is 9.80 Å². The maximum Gasteiger partial charge on any atom is 0.233 e. The number of rotatable bonds is 2. The minimum Gasteiger partial charge on any atom is -0.285 e. The lowest BCUT2D eigenvalue weighted by Gasteiger charge is -2.28. The van der Waals surface area contributed by atoms with Crippen molar-refractivity contribution in [3.63, 3.8) is 0 Å². The maximum absolute atomic E-state index is 12.3. The molecule has 20 heavy (non-hydrogen) atoms. The highest BCUT2D eigenvalue weighted by atomic mass is 16.2. The molecule has 3 aliphatic rings. The van der Waals surface area contributed by atoms with E-state index in [9.17, 15) is 19.2 Å². The number of imide groups is 2. The minimum atomic E-state index is -0.410. The van der Waals surface area contributed by atoms with Crippen LogP contribution in [0.2, 0.25) is 0 Å². The van der Waals surface area contributed by atoms with E-state index in [1.807, 2.05) is 6.92 Å². The lowest BCUT2D eigenvalue weighted by molar-refractivity contribution is -0.139. The van der Waals surface area contributed by atoms with Crippen LogP contribution in [0.25, 0.3) is 0 Å². The average molecular weight is 278 g/mol. The van der Waals surface area contributed by atoms with Gasteiger partial charge in [0.15, 0.2) is 0 Å². The van der Waals surface area contributed by atoms with Crippen LogP contribution < -0.4 is 0 Å². The fourth-order valence-corrected chi connectivity index (χ4v) is 3.85. The third kappa shape index (κ3) is 1.57. The molecule has 2 heterocycles. The van der Waals surface area contributed by atoms with Crippen LogP contribution in [0.4, 0.5) is 0 Å². The molecule has 2 saturated heterocycles. The van der Waals surface area contributed by atoms with Crippen LogP contribution in [0.3, 0.4) is 0 Å². The lowest BCUT2D eigenvalue weighted by Crippen LogP contribution is -2.35. The predicted molar refractivity (Wildman–Crippen MR) is 68.0 cm³/mol. The van der Waals surface area contributed by atoms with Crippen LogP contribution >= 0.6 is 0 Å². The lowest BCUT2D eigenvalue weighted by atomic mass is 9.70. The standard InChI is InChI=1S/C14H18N2O4/c1-3-4-16-13(19)9-5-7-8(6-10(9)14(16)20)12(18)15(2)11(7)17/h7-10H,3-6H2,1-2H3/t7-,8?,9?,10?/m0/s1. The van der Waals surface area contributed by atoms with E-state index in [4.69, 9.17) is 0 Å². The predicted octanol–water partition coefficient (Wildman–Crippen LogP) is 0.0224. The van der Waals surface area contributed by atoms with Crippen molar-refractivity contribution in [3.05, 3.63) is 0 Å². The molecule has 108 valence electrons. The molecule has 0 spiro atoms. The van der Waals surface area contributed by atoms with Crippen LogP contribution in [0, 0.1) is 23.7 Å². The highest BCUT2D eigenvalue weighted by molar-refractivity contribution is 6.09. The zero-order chi connectivity index (χ0) is 14.6. The largest absolute Gasteiger partial charge is 0.285 e. The summed E-state index contributed by atoms with van der Waals surface area (Å²) in [6.45, 7) is 2.35. The van der Waals surface area contributed by atoms with E-state index in [2.05, 4.69) is 0 Å². The molecule has 6 nitrogen and oxygen atoms in total. The van der Waals surface area contributed by atoms with Gasteiger partial charge in [0.05, 0.1) is 23.7 Å². The fourth-order valence-electron chi connectivity index (χ4n) is 3.85. The van der Waals surface area contributed by atoms with Gasteiger partial charge in [-0.15, -0.1) is 0 Å². The molecule has 6 heteroatoms. The van der Waals surface area contributed by atoms with Crippen molar-refractivity contribution >= 4 is 23.6 Å². The van der Waals surface area contributed by atoms with Crippen LogP contribution in [0.1, 0.15) is 26.2 Å². The average Bonchev–Trinajstić information content (AvgIpc) is 2.80. The normalized spacial score (nSPS) is 36.7. The third-order valence-corrected chi connectivity index (χ3v) is 4.90. The summed E-state index contributed by atoms with van der Waals surface area (Å²) in [5, 5.41) is 0. The Bertz CT molecular complexity index is 473. The number of carbonyl (C=O) groups is 4. The Labute approximate surface area is 117 Å². The highest BCUT2D eigenvalue weighted by Crippen LogP contribution is 2.47. The quantitative estimate of drug-likeness (QED) is 0.667. The monoisotopic (exact) mass is 278 g/mol. The molecule has 3 fully saturated rings. The SMILES string of the molecule is CCCN1C(=O)C2CC3C(=O)N(C)C(=O)[C@H]3CC2C1=O. The van der Waals surface area contributed by atoms with Gasteiger partial charge in [0.2, 0.25) is 23.6 Å². The van der Waals surface area contributed by atoms with Crippen molar-refractivity contribution in [2.24, 2.45) is 23.7 Å². The number of fused-ring (bicyclic) bond motifs is 2. The Kier molecular flexibility index (Phi) is 2.92. The van der Waals surface area contributed by atoms with E-state index in [1.165, 1.54) is 11.9 Å². The Morgan fingerprint density at radius 1 is 0.850 bits per heavy atom. The Morgan fingerprint density at radius 2 is 1.25 bits per heavy atom. The first kappa shape index (κ1) is 13.3. The van der Waals surface area contributed by atoms with Crippen molar-refractivity contribution in [2.45, 2.75) is 26.2 Å². The molecule has 1 aliphatic carbocycles. The third-order valence-electron chi connectivity index (χ3n) is 4.90. The Balaban J connectivity index is 1.88. The molecule has 4 atom stereocenters. The zero-order valence-corrected chi connectivity index (χ0v) is 11.7. The number of carbonyl (C=O) groups excluding carboxylic acids is 4. The van der Waals surface area contributed by atoms with Gasteiger partial charge in [-0.3, -0.25) is 29.0 Å².